The number of methoxy groups -OCH3 is 1. The van der Waals surface area contributed by atoms with Crippen molar-refractivity contribution in [3.05, 3.63) is 64.1 Å². The second kappa shape index (κ2) is 10.9. The number of β-amino-alcohol motifs (C(OH)–C–C–N with tert-alkyl or cyclic N) is 1. The number of imidazole rings is 1. The second-order valence-corrected chi connectivity index (χ2v) is 8.93. The maximum Gasteiger partial charge on any atom is 0.326 e. The van der Waals surface area contributed by atoms with Crippen LogP contribution in [0, 0.1) is 0 Å². The molecular formula is C26H34N4O4. The molecule has 1 fully saturated rings. The Bertz CT molecular complexity index is 1180. The normalized spacial score (nSPS) is 16.0. The third kappa shape index (κ3) is 5.18. The SMILES string of the molecule is CCCCNC(=O)c1cc(C(O)CN2CCC(n3c(=O)[nH]c4ccccc43)CC2)ccc1OC. The lowest BCUT2D eigenvalue weighted by Gasteiger charge is -2.33. The predicted octanol–water partition coefficient (Wildman–Crippen LogP) is 3.24. The Labute approximate surface area is 199 Å². The standard InChI is InChI=1S/C26H34N4O4/c1-3-4-13-27-25(32)20-16-18(9-10-24(20)34-2)23(31)17-29-14-11-19(12-15-29)30-22-8-6-5-7-21(22)28-26(30)33/h5-10,16,19,23,31H,3-4,11-15,17H2,1-2H3,(H,27,32)(H,28,33). The van der Waals surface area contributed by atoms with Crippen LogP contribution >= 0.6 is 0 Å². The molecule has 182 valence electrons. The summed E-state index contributed by atoms with van der Waals surface area (Å²) in [6.07, 6.45) is 2.86. The Morgan fingerprint density at radius 1 is 1.24 bits per heavy atom. The van der Waals surface area contributed by atoms with Crippen LogP contribution in [0.1, 0.15) is 60.7 Å². The minimum Gasteiger partial charge on any atom is -0.496 e. The van der Waals surface area contributed by atoms with Gasteiger partial charge in [0.1, 0.15) is 5.75 Å². The van der Waals surface area contributed by atoms with E-state index in [-0.39, 0.29) is 17.6 Å². The number of hydrogen-bond acceptors (Lipinski definition) is 5. The topological polar surface area (TPSA) is 99.6 Å². The van der Waals surface area contributed by atoms with Crippen molar-refractivity contribution >= 4 is 16.9 Å². The smallest absolute Gasteiger partial charge is 0.326 e. The monoisotopic (exact) mass is 466 g/mol. The molecule has 2 aromatic carbocycles. The molecule has 34 heavy (non-hydrogen) atoms. The van der Waals surface area contributed by atoms with Gasteiger partial charge in [0.05, 0.1) is 29.8 Å². The number of rotatable bonds is 9. The first kappa shape index (κ1) is 24.0. The Morgan fingerprint density at radius 3 is 2.74 bits per heavy atom. The number of carbonyl (C=O) groups is 1. The van der Waals surface area contributed by atoms with Gasteiger partial charge in [0, 0.05) is 32.2 Å². The van der Waals surface area contributed by atoms with E-state index in [1.54, 1.807) is 12.1 Å². The van der Waals surface area contributed by atoms with Gasteiger partial charge in [-0.3, -0.25) is 9.36 Å². The molecule has 0 aliphatic carbocycles. The molecule has 1 amide bonds. The number of likely N-dealkylation sites (tertiary alicyclic amines) is 1. The summed E-state index contributed by atoms with van der Waals surface area (Å²) in [4.78, 5) is 30.3. The first-order chi connectivity index (χ1) is 16.5. The van der Waals surface area contributed by atoms with Crippen molar-refractivity contribution in [2.75, 3.05) is 33.3 Å². The molecule has 1 atom stereocenters. The summed E-state index contributed by atoms with van der Waals surface area (Å²) in [5, 5.41) is 13.8. The lowest BCUT2D eigenvalue weighted by molar-refractivity contribution is 0.0902. The molecule has 1 unspecified atom stereocenters. The number of fused-ring (bicyclic) bond motifs is 1. The molecule has 8 nitrogen and oxygen atoms in total. The molecule has 1 saturated heterocycles. The molecule has 3 N–H and O–H groups in total. The lowest BCUT2D eigenvalue weighted by Crippen LogP contribution is -2.39. The molecule has 3 aromatic rings. The van der Waals surface area contributed by atoms with E-state index in [9.17, 15) is 14.7 Å². The minimum absolute atomic E-state index is 0.0670. The highest BCUT2D eigenvalue weighted by Crippen LogP contribution is 2.28. The molecule has 0 saturated carbocycles. The number of unbranched alkanes of at least 4 members (excludes halogenated alkanes) is 1. The number of ether oxygens (including phenoxy) is 1. The number of hydrogen-bond donors (Lipinski definition) is 3. The van der Waals surface area contributed by atoms with Gasteiger partial charge in [-0.25, -0.2) is 4.79 Å². The highest BCUT2D eigenvalue weighted by molar-refractivity contribution is 5.97. The van der Waals surface area contributed by atoms with Crippen LogP contribution < -0.4 is 15.7 Å². The van der Waals surface area contributed by atoms with Gasteiger partial charge in [-0.15, -0.1) is 0 Å². The molecule has 4 rings (SSSR count). The van der Waals surface area contributed by atoms with Gasteiger partial charge in [0.25, 0.3) is 5.91 Å². The van der Waals surface area contributed by atoms with E-state index in [1.807, 2.05) is 34.9 Å². The van der Waals surface area contributed by atoms with Gasteiger partial charge in [-0.2, -0.15) is 0 Å². The van der Waals surface area contributed by atoms with Crippen LogP contribution in [0.5, 0.6) is 5.75 Å². The van der Waals surface area contributed by atoms with Crippen LogP contribution in [0.3, 0.4) is 0 Å². The lowest BCUT2D eigenvalue weighted by atomic mass is 10.0. The fourth-order valence-electron chi connectivity index (χ4n) is 4.73. The average molecular weight is 467 g/mol. The van der Waals surface area contributed by atoms with Crippen molar-refractivity contribution in [1.29, 1.82) is 0 Å². The number of nitrogens with one attached hydrogen (secondary N) is 2. The summed E-state index contributed by atoms with van der Waals surface area (Å²) >= 11 is 0. The Morgan fingerprint density at radius 2 is 2.00 bits per heavy atom. The third-order valence-corrected chi connectivity index (χ3v) is 6.65. The van der Waals surface area contributed by atoms with Crippen LogP contribution in [-0.4, -0.2) is 58.8 Å². The zero-order valence-electron chi connectivity index (χ0n) is 19.9. The number of piperidine rings is 1. The van der Waals surface area contributed by atoms with Crippen molar-refractivity contribution in [3.63, 3.8) is 0 Å². The highest BCUT2D eigenvalue weighted by Gasteiger charge is 2.25. The predicted molar refractivity (Wildman–Crippen MR) is 132 cm³/mol. The molecule has 2 heterocycles. The fraction of sp³-hybridized carbons (Fsp3) is 0.462. The van der Waals surface area contributed by atoms with Crippen molar-refractivity contribution < 1.29 is 14.6 Å². The highest BCUT2D eigenvalue weighted by atomic mass is 16.5. The Kier molecular flexibility index (Phi) is 7.70. The van der Waals surface area contributed by atoms with E-state index in [0.29, 0.717) is 30.0 Å². The first-order valence-electron chi connectivity index (χ1n) is 12.1. The number of benzene rings is 2. The zero-order chi connectivity index (χ0) is 24.1. The van der Waals surface area contributed by atoms with Crippen LogP contribution in [0.15, 0.2) is 47.3 Å². The van der Waals surface area contributed by atoms with E-state index >= 15 is 0 Å². The van der Waals surface area contributed by atoms with E-state index in [0.717, 1.165) is 49.8 Å². The van der Waals surface area contributed by atoms with Crippen LogP contribution in [0.4, 0.5) is 0 Å². The van der Waals surface area contributed by atoms with Gasteiger partial charge < -0.3 is 25.0 Å². The van der Waals surface area contributed by atoms with Gasteiger partial charge in [-0.1, -0.05) is 31.5 Å². The molecule has 0 spiro atoms. The van der Waals surface area contributed by atoms with E-state index < -0.39 is 6.10 Å². The van der Waals surface area contributed by atoms with Crippen LogP contribution in [-0.2, 0) is 0 Å². The molecule has 0 bridgehead atoms. The van der Waals surface area contributed by atoms with Crippen molar-refractivity contribution in [2.45, 2.75) is 44.8 Å². The van der Waals surface area contributed by atoms with Crippen molar-refractivity contribution in [3.8, 4) is 5.75 Å². The summed E-state index contributed by atoms with van der Waals surface area (Å²) in [6.45, 7) is 4.73. The number of aliphatic hydroxyl groups excluding tert-OH is 1. The molecular weight excluding hydrogens is 432 g/mol. The fourth-order valence-corrected chi connectivity index (χ4v) is 4.73. The van der Waals surface area contributed by atoms with Crippen molar-refractivity contribution in [1.82, 2.24) is 19.8 Å². The molecule has 1 aromatic heterocycles. The number of nitrogens with zero attached hydrogens (tertiary/aromatic N) is 2. The van der Waals surface area contributed by atoms with Crippen LogP contribution in [0.2, 0.25) is 0 Å². The van der Waals surface area contributed by atoms with Gasteiger partial charge in [0.2, 0.25) is 0 Å². The van der Waals surface area contributed by atoms with Gasteiger partial charge in [0.15, 0.2) is 0 Å². The maximum atomic E-state index is 12.6. The number of aromatic nitrogens is 2. The van der Waals surface area contributed by atoms with E-state index in [4.69, 9.17) is 4.74 Å². The van der Waals surface area contributed by atoms with Gasteiger partial charge in [-0.05, 0) is 49.1 Å². The number of carbonyl (C=O) groups excluding carboxylic acids is 1. The summed E-state index contributed by atoms with van der Waals surface area (Å²) in [7, 11) is 1.54. The van der Waals surface area contributed by atoms with Crippen molar-refractivity contribution in [2.24, 2.45) is 0 Å². The quantitative estimate of drug-likeness (QED) is 0.421. The zero-order valence-corrected chi connectivity index (χ0v) is 19.9. The number of H-pyrrole nitrogens is 1. The minimum atomic E-state index is -0.722. The number of aliphatic hydroxyl groups is 1. The summed E-state index contributed by atoms with van der Waals surface area (Å²) < 4.78 is 7.23. The largest absolute Gasteiger partial charge is 0.496 e. The maximum absolute atomic E-state index is 12.6. The Balaban J connectivity index is 1.39. The third-order valence-electron chi connectivity index (χ3n) is 6.65. The molecule has 1 aliphatic rings. The molecule has 0 radical (unpaired) electrons. The number of aromatic amines is 1. The summed E-state index contributed by atoms with van der Waals surface area (Å²) in [5.74, 6) is 0.305. The summed E-state index contributed by atoms with van der Waals surface area (Å²) in [6, 6.07) is 13.2. The summed E-state index contributed by atoms with van der Waals surface area (Å²) in [5.41, 5.74) is 2.86. The molecule has 8 heteroatoms. The number of amides is 1. The average Bonchev–Trinajstić information content (AvgIpc) is 3.19. The van der Waals surface area contributed by atoms with Crippen LogP contribution in [0.25, 0.3) is 11.0 Å². The second-order valence-electron chi connectivity index (χ2n) is 8.93. The Hall–Kier alpha value is -3.10. The van der Waals surface area contributed by atoms with E-state index in [1.165, 1.54) is 7.11 Å². The van der Waals surface area contributed by atoms with E-state index in [2.05, 4.69) is 22.1 Å². The number of para-hydroxylation sites is 2. The van der Waals surface area contributed by atoms with Gasteiger partial charge >= 0.3 is 5.69 Å². The molecule has 1 aliphatic heterocycles. The first-order valence-corrected chi connectivity index (χ1v) is 12.1.